The maximum Gasteiger partial charge on any atom is 0.106 e. The van der Waals surface area contributed by atoms with Gasteiger partial charge in [-0.05, 0) is 0 Å². The molecule has 0 saturated carbocycles. The Morgan fingerprint density at radius 1 is 1.75 bits per heavy atom. The van der Waals surface area contributed by atoms with Crippen molar-refractivity contribution in [1.29, 1.82) is 0 Å². The van der Waals surface area contributed by atoms with Crippen LogP contribution in [0.4, 0.5) is 0 Å². The van der Waals surface area contributed by atoms with Crippen LogP contribution in [0.25, 0.3) is 0 Å². The van der Waals surface area contributed by atoms with Gasteiger partial charge in [0.05, 0.1) is 7.74 Å². The Hall–Kier alpha value is 1.05. The summed E-state index contributed by atoms with van der Waals surface area (Å²) in [5.74, 6) is 0. The number of rotatable bonds is 0. The van der Waals surface area contributed by atoms with Gasteiger partial charge in [0.15, 0.2) is 0 Å². The predicted octanol–water partition coefficient (Wildman–Crippen LogP) is -1.24. The Kier molecular flexibility index (Phi) is 20.0. The molecular weight excluding hydrogens is 111 g/mol. The van der Waals surface area contributed by atoms with Crippen LogP contribution in [-0.2, 0) is 16.5 Å². The molecule has 26 valence electrons. The third-order valence-electron chi connectivity index (χ3n) is 0. The minimum Gasteiger partial charge on any atom is -0.184 e. The topological polar surface area (TPSA) is 0 Å². The Balaban J connectivity index is 0. The van der Waals surface area contributed by atoms with Crippen molar-refractivity contribution < 1.29 is 16.5 Å². The second-order valence-electron chi connectivity index (χ2n) is 0.408. The molecule has 0 spiro atoms. The van der Waals surface area contributed by atoms with Crippen LogP contribution in [0.2, 0.25) is 0 Å². The average Bonchev–Trinajstić information content (AvgIpc) is 0.918. The van der Waals surface area contributed by atoms with Crippen molar-refractivity contribution in [3.8, 4) is 0 Å². The average molecular weight is 116 g/mol. The fourth-order valence-electron chi connectivity index (χ4n) is 0. The normalized spacial score (nSPS) is 3.25. The van der Waals surface area contributed by atoms with E-state index in [9.17, 15) is 0 Å². The van der Waals surface area contributed by atoms with Gasteiger partial charge in [0.1, 0.15) is 6.89 Å². The van der Waals surface area contributed by atoms with Gasteiger partial charge < -0.3 is 0 Å². The van der Waals surface area contributed by atoms with Gasteiger partial charge in [-0.3, -0.25) is 0 Å². The van der Waals surface area contributed by atoms with Crippen molar-refractivity contribution in [3.63, 3.8) is 0 Å². The molecular formula is H5B2NiP. The van der Waals surface area contributed by atoms with E-state index < -0.39 is 0 Å². The number of hydrogen-bond donors (Lipinski definition) is 0. The summed E-state index contributed by atoms with van der Waals surface area (Å²) >= 11 is 0. The third-order valence-corrected chi connectivity index (χ3v) is 0. The molecule has 0 bridgehead atoms. The molecule has 1 atom stereocenters. The smallest absolute Gasteiger partial charge is 0.106 e. The third kappa shape index (κ3) is 11.6. The molecule has 0 aromatic carbocycles. The summed E-state index contributed by atoms with van der Waals surface area (Å²) in [6.07, 6.45) is 0. The number of hydrogen-bond acceptors (Lipinski definition) is 0. The van der Waals surface area contributed by atoms with Crippen LogP contribution < -0.4 is 0 Å². The van der Waals surface area contributed by atoms with E-state index in [1.807, 2.05) is 0 Å². The summed E-state index contributed by atoms with van der Waals surface area (Å²) in [5.41, 5.74) is 0. The van der Waals surface area contributed by atoms with E-state index in [1.54, 1.807) is 0 Å². The summed E-state index contributed by atoms with van der Waals surface area (Å²) in [5, 5.41) is 0. The first-order valence-electron chi connectivity index (χ1n) is 1.12. The van der Waals surface area contributed by atoms with E-state index in [1.165, 1.54) is 6.89 Å². The second-order valence-corrected chi connectivity index (χ2v) is 1.22. The molecule has 0 aromatic heterocycles. The quantitative estimate of drug-likeness (QED) is 0.274. The van der Waals surface area contributed by atoms with Crippen LogP contribution >= 0.6 is 9.12 Å². The summed E-state index contributed by atoms with van der Waals surface area (Å²) < 4.78 is 0. The molecule has 0 saturated heterocycles. The molecule has 0 nitrogen and oxygen atoms in total. The second kappa shape index (κ2) is 8.96. The summed E-state index contributed by atoms with van der Waals surface area (Å²) in [6, 6.07) is 0. The maximum atomic E-state index is 2.58. The van der Waals surface area contributed by atoms with E-state index in [4.69, 9.17) is 0 Å². The Morgan fingerprint density at radius 2 is 1.75 bits per heavy atom. The zero-order chi connectivity index (χ0) is 2.71. The van der Waals surface area contributed by atoms with Gasteiger partial charge in [-0.1, -0.05) is 0 Å². The van der Waals surface area contributed by atoms with Crippen molar-refractivity contribution in [3.05, 3.63) is 0 Å². The molecule has 1 unspecified atom stereocenters. The molecule has 0 fully saturated rings. The standard InChI is InChI=1S/B2H5P.Ni/c1-2-3;/h2H,1,3H2;. The van der Waals surface area contributed by atoms with Gasteiger partial charge in [-0.25, -0.2) is 0 Å². The first kappa shape index (κ1) is 8.91. The SMILES string of the molecule is BBP.[Ni]. The van der Waals surface area contributed by atoms with Crippen molar-refractivity contribution in [2.24, 2.45) is 0 Å². The minimum atomic E-state index is 0. The molecule has 0 aliphatic carbocycles. The van der Waals surface area contributed by atoms with Gasteiger partial charge in [0.2, 0.25) is 0 Å². The Bertz CT molecular complexity index is 6.00. The van der Waals surface area contributed by atoms with Gasteiger partial charge in [0.25, 0.3) is 0 Å². The van der Waals surface area contributed by atoms with E-state index in [-0.39, 0.29) is 16.5 Å². The fraction of sp³-hybridized carbons (Fsp3) is 0. The van der Waals surface area contributed by atoms with Gasteiger partial charge in [-0.15, -0.1) is 0 Å². The minimum absolute atomic E-state index is 0. The van der Waals surface area contributed by atoms with Crippen molar-refractivity contribution in [2.75, 3.05) is 0 Å². The molecule has 0 rings (SSSR count). The molecule has 0 radical (unpaired) electrons. The van der Waals surface area contributed by atoms with Gasteiger partial charge in [0, 0.05) is 16.5 Å². The van der Waals surface area contributed by atoms with Crippen LogP contribution in [0, 0.1) is 0 Å². The predicted molar refractivity (Wildman–Crippen MR) is 25.4 cm³/mol. The fourth-order valence-corrected chi connectivity index (χ4v) is 0. The van der Waals surface area contributed by atoms with Crippen LogP contribution in [0.1, 0.15) is 0 Å². The molecule has 0 N–H and O–H groups in total. The van der Waals surface area contributed by atoms with Crippen LogP contribution in [0.5, 0.6) is 0 Å². The van der Waals surface area contributed by atoms with E-state index in [0.717, 1.165) is 0 Å². The van der Waals surface area contributed by atoms with Gasteiger partial charge in [-0.2, -0.15) is 9.12 Å². The molecule has 0 aliphatic rings. The Morgan fingerprint density at radius 3 is 1.75 bits per heavy atom. The van der Waals surface area contributed by atoms with Crippen molar-refractivity contribution in [1.82, 2.24) is 0 Å². The molecule has 4 heavy (non-hydrogen) atoms. The van der Waals surface area contributed by atoms with Crippen molar-refractivity contribution in [2.45, 2.75) is 0 Å². The van der Waals surface area contributed by atoms with E-state index in [2.05, 4.69) is 16.9 Å². The van der Waals surface area contributed by atoms with Gasteiger partial charge >= 0.3 is 0 Å². The first-order valence-corrected chi connectivity index (χ1v) is 1.93. The monoisotopic (exact) mass is 116 g/mol. The van der Waals surface area contributed by atoms with Crippen LogP contribution in [0.3, 0.4) is 0 Å². The zero-order valence-electron chi connectivity index (χ0n) is 2.60. The summed E-state index contributed by atoms with van der Waals surface area (Å²) in [6.45, 7) is 1.17. The maximum absolute atomic E-state index is 2.58. The van der Waals surface area contributed by atoms with E-state index in [0.29, 0.717) is 0 Å². The van der Waals surface area contributed by atoms with Crippen molar-refractivity contribution >= 4 is 23.7 Å². The first-order chi connectivity index (χ1) is 1.41. The molecule has 0 heterocycles. The van der Waals surface area contributed by atoms with Crippen LogP contribution in [0.15, 0.2) is 0 Å². The molecule has 0 aliphatic heterocycles. The summed E-state index contributed by atoms with van der Waals surface area (Å²) in [4.78, 5) is 0. The zero-order valence-corrected chi connectivity index (χ0v) is 4.74. The summed E-state index contributed by atoms with van der Waals surface area (Å²) in [7, 11) is 4.67. The van der Waals surface area contributed by atoms with E-state index >= 15 is 0 Å². The Labute approximate surface area is 40.8 Å². The molecule has 4 heteroatoms. The molecule has 0 amide bonds. The molecule has 0 aromatic rings. The largest absolute Gasteiger partial charge is 0.184 e. The van der Waals surface area contributed by atoms with Crippen LogP contribution in [-0.4, -0.2) is 14.6 Å².